The van der Waals surface area contributed by atoms with Gasteiger partial charge >= 0.3 is 0 Å². The van der Waals surface area contributed by atoms with E-state index >= 15 is 0 Å². The lowest BCUT2D eigenvalue weighted by molar-refractivity contribution is -0.117. The van der Waals surface area contributed by atoms with Gasteiger partial charge in [-0.05, 0) is 62.8 Å². The predicted octanol–water partition coefficient (Wildman–Crippen LogP) is 7.74. The highest BCUT2D eigenvalue weighted by Gasteiger charge is 2.43. The Kier molecular flexibility index (Phi) is 8.20. The van der Waals surface area contributed by atoms with E-state index in [1.807, 2.05) is 24.3 Å². The van der Waals surface area contributed by atoms with Crippen LogP contribution in [-0.4, -0.2) is 30.1 Å². The molecule has 7 heteroatoms. The molecular formula is C32H33Cl2NO4. The fourth-order valence-corrected chi connectivity index (χ4v) is 6.66. The first kappa shape index (κ1) is 27.5. The Morgan fingerprint density at radius 2 is 1.64 bits per heavy atom. The molecule has 1 heterocycles. The number of methoxy groups -OCH3 is 1. The molecule has 2 aliphatic carbocycles. The van der Waals surface area contributed by atoms with E-state index in [-0.39, 0.29) is 18.2 Å². The summed E-state index contributed by atoms with van der Waals surface area (Å²) in [6.45, 7) is 7.02. The molecular weight excluding hydrogens is 533 g/mol. The summed E-state index contributed by atoms with van der Waals surface area (Å²) in [5.41, 5.74) is 6.24. The van der Waals surface area contributed by atoms with Crippen LogP contribution in [0.4, 0.5) is 0 Å². The zero-order chi connectivity index (χ0) is 27.7. The van der Waals surface area contributed by atoms with Gasteiger partial charge in [-0.1, -0.05) is 41.4 Å². The molecule has 5 nitrogen and oxygen atoms in total. The number of Topliss-reactive ketones (excluding diaryl/α,β-unsaturated/α-hetero) is 2. The zero-order valence-corrected chi connectivity index (χ0v) is 24.0. The number of allylic oxidation sites excluding steroid dienone is 5. The molecule has 0 unspecified atom stereocenters. The van der Waals surface area contributed by atoms with Gasteiger partial charge < -0.3 is 14.4 Å². The van der Waals surface area contributed by atoms with Gasteiger partial charge in [0.15, 0.2) is 23.1 Å². The SMILES string of the molecule is C=CCc1cc(C2C3=C(CCCC3=O)N(CC)C3=C2C(=O)CCC3)cc(OC)c1OCc1ccc(Cl)cc1Cl. The van der Waals surface area contributed by atoms with Crippen molar-refractivity contribution < 1.29 is 19.1 Å². The van der Waals surface area contributed by atoms with Crippen LogP contribution in [0.5, 0.6) is 11.5 Å². The van der Waals surface area contributed by atoms with Crippen molar-refractivity contribution in [1.29, 1.82) is 0 Å². The average molecular weight is 567 g/mol. The minimum absolute atomic E-state index is 0.131. The first-order valence-corrected chi connectivity index (χ1v) is 14.3. The van der Waals surface area contributed by atoms with Gasteiger partial charge in [0.05, 0.1) is 7.11 Å². The number of halogens is 2. The number of benzene rings is 2. The molecule has 1 aliphatic heterocycles. The number of ether oxygens (including phenoxy) is 2. The van der Waals surface area contributed by atoms with Crippen LogP contribution in [0.2, 0.25) is 10.0 Å². The zero-order valence-electron chi connectivity index (χ0n) is 22.4. The maximum atomic E-state index is 13.5. The molecule has 0 saturated carbocycles. The standard InChI is InChI=1S/C32H33Cl2NO4/c1-4-8-19-15-21(16-28(38-3)32(19)39-18-20-13-14-22(33)17-23(20)34)29-30-24(9-6-11-26(30)36)35(5-2)25-10-7-12-27(37)31(25)29/h4,13-17,29H,1,5-12,18H2,2-3H3. The van der Waals surface area contributed by atoms with E-state index in [4.69, 9.17) is 32.7 Å². The van der Waals surface area contributed by atoms with Crippen molar-refractivity contribution in [2.75, 3.05) is 13.7 Å². The second kappa shape index (κ2) is 11.6. The monoisotopic (exact) mass is 565 g/mol. The largest absolute Gasteiger partial charge is 0.493 e. The predicted molar refractivity (Wildman–Crippen MR) is 155 cm³/mol. The molecule has 0 aromatic heterocycles. The first-order chi connectivity index (χ1) is 18.9. The number of ketones is 2. The summed E-state index contributed by atoms with van der Waals surface area (Å²) in [5.74, 6) is 0.989. The second-order valence-corrected chi connectivity index (χ2v) is 11.0. The van der Waals surface area contributed by atoms with Crippen molar-refractivity contribution in [3.05, 3.63) is 92.3 Å². The van der Waals surface area contributed by atoms with Gasteiger partial charge in [-0.3, -0.25) is 9.59 Å². The van der Waals surface area contributed by atoms with Crippen LogP contribution >= 0.6 is 23.2 Å². The molecule has 0 bridgehead atoms. The molecule has 0 fully saturated rings. The van der Waals surface area contributed by atoms with Crippen LogP contribution < -0.4 is 9.47 Å². The molecule has 2 aromatic carbocycles. The molecule has 2 aromatic rings. The van der Waals surface area contributed by atoms with E-state index < -0.39 is 5.92 Å². The van der Waals surface area contributed by atoms with Crippen molar-refractivity contribution in [1.82, 2.24) is 4.90 Å². The molecule has 0 spiro atoms. The maximum Gasteiger partial charge on any atom is 0.165 e. The Morgan fingerprint density at radius 3 is 2.21 bits per heavy atom. The van der Waals surface area contributed by atoms with Gasteiger partial charge in [0, 0.05) is 69.0 Å². The van der Waals surface area contributed by atoms with Gasteiger partial charge in [0.1, 0.15) is 6.61 Å². The Labute approximate surface area is 240 Å². The van der Waals surface area contributed by atoms with Gasteiger partial charge in [-0.15, -0.1) is 6.58 Å². The molecule has 0 amide bonds. The summed E-state index contributed by atoms with van der Waals surface area (Å²) >= 11 is 12.4. The van der Waals surface area contributed by atoms with E-state index in [1.165, 1.54) is 0 Å². The molecule has 5 rings (SSSR count). The number of hydrogen-bond donors (Lipinski definition) is 0. The van der Waals surface area contributed by atoms with Crippen LogP contribution in [-0.2, 0) is 22.6 Å². The Morgan fingerprint density at radius 1 is 0.974 bits per heavy atom. The summed E-state index contributed by atoms with van der Waals surface area (Å²) in [5, 5.41) is 1.08. The van der Waals surface area contributed by atoms with Gasteiger partial charge in [-0.2, -0.15) is 0 Å². The molecule has 0 saturated heterocycles. The summed E-state index contributed by atoms with van der Waals surface area (Å²) in [6.07, 6.45) is 6.71. The summed E-state index contributed by atoms with van der Waals surface area (Å²) in [6, 6.07) is 9.28. The van der Waals surface area contributed by atoms with Gasteiger partial charge in [0.2, 0.25) is 0 Å². The highest BCUT2D eigenvalue weighted by Crippen LogP contribution is 2.50. The minimum Gasteiger partial charge on any atom is -0.493 e. The first-order valence-electron chi connectivity index (χ1n) is 13.6. The number of carbonyl (C=O) groups excluding carboxylic acids is 2. The lowest BCUT2D eigenvalue weighted by Gasteiger charge is -2.43. The van der Waals surface area contributed by atoms with Crippen LogP contribution in [0, 0.1) is 0 Å². The molecule has 39 heavy (non-hydrogen) atoms. The summed E-state index contributed by atoms with van der Waals surface area (Å²) in [4.78, 5) is 29.2. The Bertz CT molecular complexity index is 1360. The number of rotatable bonds is 8. The normalized spacial score (nSPS) is 17.8. The molecule has 0 atom stereocenters. The van der Waals surface area contributed by atoms with E-state index in [2.05, 4.69) is 18.4 Å². The quantitative estimate of drug-likeness (QED) is 0.306. The molecule has 3 aliphatic rings. The Balaban J connectivity index is 1.63. The number of hydrogen-bond acceptors (Lipinski definition) is 5. The lowest BCUT2D eigenvalue weighted by atomic mass is 9.70. The molecule has 0 radical (unpaired) electrons. The number of carbonyl (C=O) groups is 2. The topological polar surface area (TPSA) is 55.8 Å². The van der Waals surface area contributed by atoms with Crippen LogP contribution in [0.1, 0.15) is 68.1 Å². The highest BCUT2D eigenvalue weighted by atomic mass is 35.5. The van der Waals surface area contributed by atoms with E-state index in [0.717, 1.165) is 71.5 Å². The van der Waals surface area contributed by atoms with Crippen molar-refractivity contribution in [2.24, 2.45) is 0 Å². The fourth-order valence-electron chi connectivity index (χ4n) is 6.19. The summed E-state index contributed by atoms with van der Waals surface area (Å²) in [7, 11) is 1.60. The minimum atomic E-state index is -0.407. The maximum absolute atomic E-state index is 13.5. The highest BCUT2D eigenvalue weighted by molar-refractivity contribution is 6.35. The van der Waals surface area contributed by atoms with E-state index in [9.17, 15) is 9.59 Å². The second-order valence-electron chi connectivity index (χ2n) is 10.2. The van der Waals surface area contributed by atoms with Gasteiger partial charge in [-0.25, -0.2) is 0 Å². The Hall–Kier alpha value is -3.02. The van der Waals surface area contributed by atoms with E-state index in [1.54, 1.807) is 19.2 Å². The van der Waals surface area contributed by atoms with Crippen LogP contribution in [0.3, 0.4) is 0 Å². The fraction of sp³-hybridized carbons (Fsp3) is 0.375. The van der Waals surface area contributed by atoms with Crippen molar-refractivity contribution >= 4 is 34.8 Å². The molecule has 0 N–H and O–H groups in total. The molecule has 204 valence electrons. The third-order valence-corrected chi connectivity index (χ3v) is 8.45. The van der Waals surface area contributed by atoms with Crippen molar-refractivity contribution in [3.63, 3.8) is 0 Å². The smallest absolute Gasteiger partial charge is 0.165 e. The summed E-state index contributed by atoms with van der Waals surface area (Å²) < 4.78 is 12.1. The van der Waals surface area contributed by atoms with E-state index in [0.29, 0.717) is 40.8 Å². The lowest BCUT2D eigenvalue weighted by Crippen LogP contribution is -2.39. The number of nitrogens with zero attached hydrogens (tertiary/aromatic N) is 1. The van der Waals surface area contributed by atoms with Crippen LogP contribution in [0.25, 0.3) is 0 Å². The van der Waals surface area contributed by atoms with Crippen molar-refractivity contribution in [2.45, 2.75) is 64.4 Å². The third-order valence-electron chi connectivity index (χ3n) is 7.86. The average Bonchev–Trinajstić information content (AvgIpc) is 2.92. The van der Waals surface area contributed by atoms with Crippen LogP contribution in [0.15, 0.2) is 65.5 Å². The van der Waals surface area contributed by atoms with Gasteiger partial charge in [0.25, 0.3) is 0 Å². The van der Waals surface area contributed by atoms with Crippen molar-refractivity contribution in [3.8, 4) is 11.5 Å². The third kappa shape index (κ3) is 5.15.